The Bertz CT molecular complexity index is 714. The summed E-state index contributed by atoms with van der Waals surface area (Å²) in [6, 6.07) is 9.15. The van der Waals surface area contributed by atoms with Gasteiger partial charge in [-0.1, -0.05) is 12.1 Å². The van der Waals surface area contributed by atoms with E-state index < -0.39 is 0 Å². The Morgan fingerprint density at radius 3 is 2.50 bits per heavy atom. The summed E-state index contributed by atoms with van der Waals surface area (Å²) in [4.78, 5) is 28.1. The number of amides is 2. The van der Waals surface area contributed by atoms with Crippen molar-refractivity contribution >= 4 is 11.8 Å². The zero-order valence-corrected chi connectivity index (χ0v) is 13.7. The number of aromatic nitrogens is 1. The van der Waals surface area contributed by atoms with Gasteiger partial charge in [0.05, 0.1) is 0 Å². The Morgan fingerprint density at radius 2 is 1.83 bits per heavy atom. The Hall–Kier alpha value is -2.76. The van der Waals surface area contributed by atoms with E-state index in [1.54, 1.807) is 18.2 Å². The number of carbonyl (C=O) groups excluding carboxylic acids is 2. The normalized spacial score (nSPS) is 10.5. The second-order valence-electron chi connectivity index (χ2n) is 5.69. The van der Waals surface area contributed by atoms with E-state index in [1.165, 1.54) is 24.4 Å². The van der Waals surface area contributed by atoms with Gasteiger partial charge in [0.25, 0.3) is 11.8 Å². The molecule has 0 unspecified atom stereocenters. The van der Waals surface area contributed by atoms with E-state index in [0.717, 1.165) is 5.56 Å². The Balaban J connectivity index is 1.92. The van der Waals surface area contributed by atoms with Crippen molar-refractivity contribution in [1.29, 1.82) is 0 Å². The van der Waals surface area contributed by atoms with Crippen LogP contribution in [0.1, 0.15) is 40.3 Å². The highest BCUT2D eigenvalue weighted by Crippen LogP contribution is 2.05. The SMILES string of the molecule is CC(C)NC(=O)c1cc(C(=O)NCCc2ccc(F)cc2)ccn1. The minimum atomic E-state index is -0.314. The number of nitrogens with one attached hydrogen (secondary N) is 2. The molecule has 0 saturated carbocycles. The van der Waals surface area contributed by atoms with Crippen molar-refractivity contribution in [1.82, 2.24) is 15.6 Å². The molecule has 0 aliphatic rings. The van der Waals surface area contributed by atoms with E-state index >= 15 is 0 Å². The van der Waals surface area contributed by atoms with Crippen molar-refractivity contribution in [2.75, 3.05) is 6.54 Å². The third-order valence-corrected chi connectivity index (χ3v) is 3.29. The molecule has 1 aromatic heterocycles. The van der Waals surface area contributed by atoms with Gasteiger partial charge in [-0.05, 0) is 50.1 Å². The number of nitrogens with zero attached hydrogens (tertiary/aromatic N) is 1. The number of benzene rings is 1. The zero-order valence-electron chi connectivity index (χ0n) is 13.7. The maximum Gasteiger partial charge on any atom is 0.270 e. The van der Waals surface area contributed by atoms with Gasteiger partial charge in [-0.2, -0.15) is 0 Å². The van der Waals surface area contributed by atoms with Crippen LogP contribution in [0.5, 0.6) is 0 Å². The molecule has 0 saturated heterocycles. The van der Waals surface area contributed by atoms with Crippen LogP contribution in [0, 0.1) is 5.82 Å². The van der Waals surface area contributed by atoms with E-state index in [4.69, 9.17) is 0 Å². The molecule has 2 aromatic rings. The standard InChI is InChI=1S/C18H20FN3O2/c1-12(2)22-18(24)16-11-14(8-10-20-16)17(23)21-9-7-13-3-5-15(19)6-4-13/h3-6,8,10-12H,7,9H2,1-2H3,(H,21,23)(H,22,24). The number of rotatable bonds is 6. The summed E-state index contributed by atoms with van der Waals surface area (Å²) in [6.45, 7) is 4.12. The molecule has 0 spiro atoms. The first-order valence-corrected chi connectivity index (χ1v) is 7.75. The Labute approximate surface area is 140 Å². The molecule has 6 heteroatoms. The summed E-state index contributed by atoms with van der Waals surface area (Å²) in [5, 5.41) is 5.51. The van der Waals surface area contributed by atoms with E-state index in [1.807, 2.05) is 13.8 Å². The van der Waals surface area contributed by atoms with Gasteiger partial charge < -0.3 is 10.6 Å². The second kappa shape index (κ2) is 8.19. The molecule has 1 aromatic carbocycles. The minimum absolute atomic E-state index is 0.00695. The molecule has 0 aliphatic heterocycles. The molecule has 0 atom stereocenters. The Kier molecular flexibility index (Phi) is 6.01. The van der Waals surface area contributed by atoms with E-state index in [0.29, 0.717) is 18.5 Å². The summed E-state index contributed by atoms with van der Waals surface area (Å²) in [7, 11) is 0. The quantitative estimate of drug-likeness (QED) is 0.854. The van der Waals surface area contributed by atoms with Crippen molar-refractivity contribution in [3.05, 3.63) is 65.2 Å². The van der Waals surface area contributed by atoms with Gasteiger partial charge in [-0.15, -0.1) is 0 Å². The number of carbonyl (C=O) groups is 2. The van der Waals surface area contributed by atoms with Crippen LogP contribution in [-0.2, 0) is 6.42 Å². The summed E-state index contributed by atoms with van der Waals surface area (Å²) in [5.74, 6) is -0.879. The lowest BCUT2D eigenvalue weighted by molar-refractivity contribution is 0.0938. The van der Waals surface area contributed by atoms with Crippen LogP contribution in [-0.4, -0.2) is 29.4 Å². The minimum Gasteiger partial charge on any atom is -0.352 e. The summed E-state index contributed by atoms with van der Waals surface area (Å²) < 4.78 is 12.8. The lowest BCUT2D eigenvalue weighted by Crippen LogP contribution is -2.31. The highest BCUT2D eigenvalue weighted by Gasteiger charge is 2.12. The molecule has 0 fully saturated rings. The molecule has 2 rings (SSSR count). The van der Waals surface area contributed by atoms with E-state index in [2.05, 4.69) is 15.6 Å². The first-order valence-electron chi connectivity index (χ1n) is 7.75. The molecule has 126 valence electrons. The van der Waals surface area contributed by atoms with Crippen molar-refractivity contribution in [3.63, 3.8) is 0 Å². The fourth-order valence-corrected chi connectivity index (χ4v) is 2.11. The van der Waals surface area contributed by atoms with Gasteiger partial charge in [0.15, 0.2) is 0 Å². The van der Waals surface area contributed by atoms with Crippen LogP contribution in [0.4, 0.5) is 4.39 Å². The van der Waals surface area contributed by atoms with Crippen LogP contribution in [0.2, 0.25) is 0 Å². The predicted molar refractivity (Wildman–Crippen MR) is 89.3 cm³/mol. The number of halogens is 1. The molecule has 2 N–H and O–H groups in total. The molecular formula is C18H20FN3O2. The maximum absolute atomic E-state index is 12.8. The van der Waals surface area contributed by atoms with Gasteiger partial charge in [0, 0.05) is 24.3 Å². The van der Waals surface area contributed by atoms with Crippen LogP contribution >= 0.6 is 0 Å². The first kappa shape index (κ1) is 17.6. The average molecular weight is 329 g/mol. The van der Waals surface area contributed by atoms with Crippen LogP contribution in [0.3, 0.4) is 0 Å². The summed E-state index contributed by atoms with van der Waals surface area (Å²) in [5.41, 5.74) is 1.51. The molecule has 0 aliphatic carbocycles. The summed E-state index contributed by atoms with van der Waals surface area (Å²) in [6.07, 6.45) is 2.03. The zero-order chi connectivity index (χ0) is 17.5. The predicted octanol–water partition coefficient (Wildman–Crippen LogP) is 2.33. The smallest absolute Gasteiger partial charge is 0.270 e. The maximum atomic E-state index is 12.8. The number of hydrogen-bond donors (Lipinski definition) is 2. The highest BCUT2D eigenvalue weighted by molar-refractivity contribution is 5.98. The molecule has 5 nitrogen and oxygen atoms in total. The molecular weight excluding hydrogens is 309 g/mol. The Morgan fingerprint density at radius 1 is 1.12 bits per heavy atom. The summed E-state index contributed by atoms with van der Waals surface area (Å²) >= 11 is 0. The molecule has 24 heavy (non-hydrogen) atoms. The van der Waals surface area contributed by atoms with Crippen LogP contribution < -0.4 is 10.6 Å². The molecule has 0 radical (unpaired) electrons. The molecule has 2 amide bonds. The molecule has 0 bridgehead atoms. The topological polar surface area (TPSA) is 71.1 Å². The first-order chi connectivity index (χ1) is 11.5. The second-order valence-corrected chi connectivity index (χ2v) is 5.69. The van der Waals surface area contributed by atoms with Crippen LogP contribution in [0.15, 0.2) is 42.6 Å². The molecule has 1 heterocycles. The lowest BCUT2D eigenvalue weighted by atomic mass is 10.1. The van der Waals surface area contributed by atoms with Crippen molar-refractivity contribution < 1.29 is 14.0 Å². The van der Waals surface area contributed by atoms with Gasteiger partial charge in [0.2, 0.25) is 0 Å². The third-order valence-electron chi connectivity index (χ3n) is 3.29. The average Bonchev–Trinajstić information content (AvgIpc) is 2.56. The van der Waals surface area contributed by atoms with Gasteiger partial charge >= 0.3 is 0 Å². The fourth-order valence-electron chi connectivity index (χ4n) is 2.11. The van der Waals surface area contributed by atoms with Gasteiger partial charge in [-0.3, -0.25) is 14.6 Å². The fraction of sp³-hybridized carbons (Fsp3) is 0.278. The number of hydrogen-bond acceptors (Lipinski definition) is 3. The van der Waals surface area contributed by atoms with Crippen molar-refractivity contribution in [2.45, 2.75) is 26.3 Å². The number of pyridine rings is 1. The van der Waals surface area contributed by atoms with Gasteiger partial charge in [0.1, 0.15) is 11.5 Å². The highest BCUT2D eigenvalue weighted by atomic mass is 19.1. The van der Waals surface area contributed by atoms with Gasteiger partial charge in [-0.25, -0.2) is 4.39 Å². The lowest BCUT2D eigenvalue weighted by Gasteiger charge is -2.09. The van der Waals surface area contributed by atoms with Crippen molar-refractivity contribution in [3.8, 4) is 0 Å². The van der Waals surface area contributed by atoms with E-state index in [-0.39, 0.29) is 29.4 Å². The third kappa shape index (κ3) is 5.15. The van der Waals surface area contributed by atoms with E-state index in [9.17, 15) is 14.0 Å². The van der Waals surface area contributed by atoms with Crippen LogP contribution in [0.25, 0.3) is 0 Å². The largest absolute Gasteiger partial charge is 0.352 e. The van der Waals surface area contributed by atoms with Crippen molar-refractivity contribution in [2.24, 2.45) is 0 Å². The monoisotopic (exact) mass is 329 g/mol.